The fraction of sp³-hybridized carbons (Fsp3) is 0.267. The standard InChI is InChI=1S/C15H19N3O3S/c1-11(19)18-14-7-8-15(13-6-4-3-5-12(13)14)22(20,21)17-10-9-16-2/h3-8,16-17H,9-10H2,1-2H3,(H,18,19). The summed E-state index contributed by atoms with van der Waals surface area (Å²) in [6, 6.07) is 10.2. The highest BCUT2D eigenvalue weighted by molar-refractivity contribution is 7.89. The van der Waals surface area contributed by atoms with Crippen LogP contribution >= 0.6 is 0 Å². The zero-order chi connectivity index (χ0) is 16.2. The van der Waals surface area contributed by atoms with Gasteiger partial charge in [-0.2, -0.15) is 0 Å². The second-order valence-electron chi connectivity index (χ2n) is 4.84. The van der Waals surface area contributed by atoms with Crippen molar-refractivity contribution in [2.75, 3.05) is 25.5 Å². The summed E-state index contributed by atoms with van der Waals surface area (Å²) in [6.07, 6.45) is 0. The molecule has 0 atom stereocenters. The highest BCUT2D eigenvalue weighted by Gasteiger charge is 2.18. The fourth-order valence-corrected chi connectivity index (χ4v) is 3.43. The van der Waals surface area contributed by atoms with Crippen molar-refractivity contribution in [2.45, 2.75) is 11.8 Å². The van der Waals surface area contributed by atoms with Gasteiger partial charge in [0.1, 0.15) is 0 Å². The van der Waals surface area contributed by atoms with Crippen LogP contribution in [0.3, 0.4) is 0 Å². The van der Waals surface area contributed by atoms with Crippen molar-refractivity contribution in [3.05, 3.63) is 36.4 Å². The van der Waals surface area contributed by atoms with Crippen LogP contribution < -0.4 is 15.4 Å². The van der Waals surface area contributed by atoms with Crippen LogP contribution in [0, 0.1) is 0 Å². The Bertz CT molecular complexity index is 788. The van der Waals surface area contributed by atoms with E-state index in [2.05, 4.69) is 15.4 Å². The maximum Gasteiger partial charge on any atom is 0.241 e. The second kappa shape index (κ2) is 6.87. The van der Waals surface area contributed by atoms with Crippen molar-refractivity contribution < 1.29 is 13.2 Å². The Kier molecular flexibility index (Phi) is 5.12. The largest absolute Gasteiger partial charge is 0.326 e. The fourth-order valence-electron chi connectivity index (χ4n) is 2.19. The second-order valence-corrected chi connectivity index (χ2v) is 6.57. The molecule has 0 aliphatic carbocycles. The third-order valence-corrected chi connectivity index (χ3v) is 4.67. The summed E-state index contributed by atoms with van der Waals surface area (Å²) in [5.41, 5.74) is 0.595. The topological polar surface area (TPSA) is 87.3 Å². The normalized spacial score (nSPS) is 11.5. The molecule has 118 valence electrons. The minimum absolute atomic E-state index is 0.201. The van der Waals surface area contributed by atoms with Crippen LogP contribution in [0.5, 0.6) is 0 Å². The number of likely N-dealkylation sites (N-methyl/N-ethyl adjacent to an activating group) is 1. The van der Waals surface area contributed by atoms with Crippen LogP contribution in [0.2, 0.25) is 0 Å². The van der Waals surface area contributed by atoms with Gasteiger partial charge in [-0.1, -0.05) is 24.3 Å². The molecule has 0 radical (unpaired) electrons. The molecular formula is C15H19N3O3S. The van der Waals surface area contributed by atoms with Gasteiger partial charge in [-0.15, -0.1) is 0 Å². The molecule has 2 rings (SSSR count). The molecule has 3 N–H and O–H groups in total. The molecule has 0 unspecified atom stereocenters. The Balaban J connectivity index is 2.50. The zero-order valence-corrected chi connectivity index (χ0v) is 13.3. The lowest BCUT2D eigenvalue weighted by atomic mass is 10.1. The quantitative estimate of drug-likeness (QED) is 0.700. The molecule has 0 saturated carbocycles. The van der Waals surface area contributed by atoms with Crippen molar-refractivity contribution in [1.29, 1.82) is 0 Å². The molecule has 0 spiro atoms. The van der Waals surface area contributed by atoms with Crippen LogP contribution in [0.1, 0.15) is 6.92 Å². The van der Waals surface area contributed by atoms with E-state index in [0.717, 1.165) is 0 Å². The number of benzene rings is 2. The third kappa shape index (κ3) is 3.62. The maximum absolute atomic E-state index is 12.4. The molecule has 0 aliphatic heterocycles. The Morgan fingerprint density at radius 3 is 2.36 bits per heavy atom. The molecule has 0 bridgehead atoms. The van der Waals surface area contributed by atoms with Crippen molar-refractivity contribution in [3.8, 4) is 0 Å². The summed E-state index contributed by atoms with van der Waals surface area (Å²) in [6.45, 7) is 2.26. The van der Waals surface area contributed by atoms with Crippen LogP contribution in [-0.2, 0) is 14.8 Å². The van der Waals surface area contributed by atoms with Gasteiger partial charge in [-0.3, -0.25) is 4.79 Å². The molecule has 0 fully saturated rings. The molecule has 0 aliphatic rings. The molecule has 2 aromatic carbocycles. The van der Waals surface area contributed by atoms with Crippen molar-refractivity contribution in [1.82, 2.24) is 10.0 Å². The lowest BCUT2D eigenvalue weighted by Gasteiger charge is -2.12. The molecule has 2 aromatic rings. The van der Waals surface area contributed by atoms with Gasteiger partial charge in [0.25, 0.3) is 0 Å². The number of amides is 1. The molecule has 7 heteroatoms. The van der Waals surface area contributed by atoms with Gasteiger partial charge in [0.05, 0.1) is 4.90 Å². The highest BCUT2D eigenvalue weighted by atomic mass is 32.2. The molecule has 1 amide bonds. The summed E-state index contributed by atoms with van der Waals surface area (Å²) in [4.78, 5) is 11.5. The first-order valence-electron chi connectivity index (χ1n) is 6.89. The molecule has 22 heavy (non-hydrogen) atoms. The summed E-state index contributed by atoms with van der Waals surface area (Å²) in [7, 11) is -1.85. The predicted octanol–water partition coefficient (Wildman–Crippen LogP) is 1.30. The van der Waals surface area contributed by atoms with E-state index < -0.39 is 10.0 Å². The first-order chi connectivity index (χ1) is 10.5. The van der Waals surface area contributed by atoms with Gasteiger partial charge < -0.3 is 10.6 Å². The molecular weight excluding hydrogens is 302 g/mol. The third-order valence-electron chi connectivity index (χ3n) is 3.15. The average Bonchev–Trinajstić information content (AvgIpc) is 2.47. The minimum Gasteiger partial charge on any atom is -0.326 e. The van der Waals surface area contributed by atoms with E-state index in [1.807, 2.05) is 0 Å². The Labute approximate surface area is 130 Å². The van der Waals surface area contributed by atoms with Gasteiger partial charge >= 0.3 is 0 Å². The number of sulfonamides is 1. The van der Waals surface area contributed by atoms with Crippen molar-refractivity contribution >= 4 is 32.4 Å². The SMILES string of the molecule is CNCCNS(=O)(=O)c1ccc(NC(C)=O)c2ccccc12. The molecule has 0 saturated heterocycles. The van der Waals surface area contributed by atoms with Crippen molar-refractivity contribution in [2.24, 2.45) is 0 Å². The highest BCUT2D eigenvalue weighted by Crippen LogP contribution is 2.29. The minimum atomic E-state index is -3.61. The molecule has 0 heterocycles. The molecule has 0 aromatic heterocycles. The van der Waals surface area contributed by atoms with Gasteiger partial charge in [-0.05, 0) is 19.2 Å². The van der Waals surface area contributed by atoms with E-state index in [1.54, 1.807) is 37.4 Å². The summed E-state index contributed by atoms with van der Waals surface area (Å²) < 4.78 is 27.4. The van der Waals surface area contributed by atoms with Crippen LogP contribution in [0.25, 0.3) is 10.8 Å². The number of fused-ring (bicyclic) bond motifs is 1. The first kappa shape index (κ1) is 16.4. The Morgan fingerprint density at radius 2 is 1.73 bits per heavy atom. The predicted molar refractivity (Wildman–Crippen MR) is 87.4 cm³/mol. The Morgan fingerprint density at radius 1 is 1.05 bits per heavy atom. The summed E-state index contributed by atoms with van der Waals surface area (Å²) in [5.74, 6) is -0.201. The number of rotatable bonds is 6. The van der Waals surface area contributed by atoms with Crippen LogP contribution in [0.4, 0.5) is 5.69 Å². The van der Waals surface area contributed by atoms with E-state index in [0.29, 0.717) is 29.5 Å². The Hall–Kier alpha value is -1.96. The number of anilines is 1. The summed E-state index contributed by atoms with van der Waals surface area (Å²) >= 11 is 0. The van der Waals surface area contributed by atoms with Crippen LogP contribution in [0.15, 0.2) is 41.3 Å². The number of hydrogen-bond donors (Lipinski definition) is 3. The number of carbonyl (C=O) groups is 1. The molecule has 6 nitrogen and oxygen atoms in total. The van der Waals surface area contributed by atoms with E-state index in [9.17, 15) is 13.2 Å². The van der Waals surface area contributed by atoms with Gasteiger partial charge in [0, 0.05) is 36.5 Å². The van der Waals surface area contributed by atoms with E-state index in [-0.39, 0.29) is 10.8 Å². The van der Waals surface area contributed by atoms with E-state index >= 15 is 0 Å². The van der Waals surface area contributed by atoms with Gasteiger partial charge in [0.2, 0.25) is 15.9 Å². The van der Waals surface area contributed by atoms with Gasteiger partial charge in [-0.25, -0.2) is 13.1 Å². The smallest absolute Gasteiger partial charge is 0.241 e. The lowest BCUT2D eigenvalue weighted by Crippen LogP contribution is -2.30. The first-order valence-corrected chi connectivity index (χ1v) is 8.37. The monoisotopic (exact) mass is 321 g/mol. The number of carbonyl (C=O) groups excluding carboxylic acids is 1. The zero-order valence-electron chi connectivity index (χ0n) is 12.5. The van der Waals surface area contributed by atoms with E-state index in [1.165, 1.54) is 13.0 Å². The lowest BCUT2D eigenvalue weighted by molar-refractivity contribution is -0.114. The average molecular weight is 321 g/mol. The number of nitrogens with one attached hydrogen (secondary N) is 3. The summed E-state index contributed by atoms with van der Waals surface area (Å²) in [5, 5.41) is 6.86. The van der Waals surface area contributed by atoms with Crippen LogP contribution in [-0.4, -0.2) is 34.5 Å². The van der Waals surface area contributed by atoms with Crippen molar-refractivity contribution in [3.63, 3.8) is 0 Å². The maximum atomic E-state index is 12.4. The number of hydrogen-bond acceptors (Lipinski definition) is 4. The van der Waals surface area contributed by atoms with Gasteiger partial charge in [0.15, 0.2) is 0 Å². The van der Waals surface area contributed by atoms with E-state index in [4.69, 9.17) is 0 Å².